The van der Waals surface area contributed by atoms with Gasteiger partial charge in [-0.15, -0.1) is 0 Å². The lowest BCUT2D eigenvalue weighted by atomic mass is 10.1. The van der Waals surface area contributed by atoms with Crippen LogP contribution >= 0.6 is 0 Å². The van der Waals surface area contributed by atoms with Gasteiger partial charge in [-0.1, -0.05) is 48.6 Å². The normalized spacial score (nSPS) is 11.1. The minimum Gasteiger partial charge on any atom is -0.508 e. The lowest BCUT2D eigenvalue weighted by molar-refractivity contribution is -0.111. The van der Waals surface area contributed by atoms with Crippen molar-refractivity contribution in [3.05, 3.63) is 89.5 Å². The third-order valence-electron chi connectivity index (χ3n) is 3.90. The number of phenolic OH excluding ortho intramolecular Hbond substituents is 3. The van der Waals surface area contributed by atoms with Gasteiger partial charge in [0.1, 0.15) is 17.2 Å². The van der Waals surface area contributed by atoms with Crippen LogP contribution in [-0.4, -0.2) is 21.2 Å². The first-order chi connectivity index (χ1) is 13.5. The minimum absolute atomic E-state index is 0.0384. The van der Waals surface area contributed by atoms with Crippen molar-refractivity contribution >= 4 is 29.8 Å². The number of rotatable bonds is 5. The largest absolute Gasteiger partial charge is 0.508 e. The number of carbonyl (C=O) groups excluding carboxylic acids is 1. The molecule has 0 aromatic heterocycles. The van der Waals surface area contributed by atoms with Gasteiger partial charge in [0.2, 0.25) is 5.91 Å². The molecule has 0 aliphatic heterocycles. The summed E-state index contributed by atoms with van der Waals surface area (Å²) in [5.41, 5.74) is 2.52. The van der Waals surface area contributed by atoms with Gasteiger partial charge >= 0.3 is 0 Å². The summed E-state index contributed by atoms with van der Waals surface area (Å²) in [6, 6.07) is 18.5. The molecule has 5 heteroatoms. The molecule has 0 radical (unpaired) electrons. The Morgan fingerprint density at radius 1 is 0.714 bits per heavy atom. The molecule has 1 amide bonds. The van der Waals surface area contributed by atoms with Crippen molar-refractivity contribution in [3.63, 3.8) is 0 Å². The van der Waals surface area contributed by atoms with E-state index >= 15 is 0 Å². The second-order valence-corrected chi connectivity index (χ2v) is 6.13. The fourth-order valence-corrected chi connectivity index (χ4v) is 2.57. The van der Waals surface area contributed by atoms with Gasteiger partial charge in [0.15, 0.2) is 0 Å². The summed E-state index contributed by atoms with van der Waals surface area (Å²) < 4.78 is 0. The summed E-state index contributed by atoms with van der Waals surface area (Å²) in [7, 11) is 0. The molecule has 140 valence electrons. The molecule has 0 fully saturated rings. The first-order valence-electron chi connectivity index (χ1n) is 8.58. The van der Waals surface area contributed by atoms with Gasteiger partial charge in [-0.2, -0.15) is 0 Å². The molecule has 0 spiro atoms. The molecule has 0 bridgehead atoms. The van der Waals surface area contributed by atoms with Crippen molar-refractivity contribution in [1.82, 2.24) is 0 Å². The highest BCUT2D eigenvalue weighted by molar-refractivity contribution is 6.03. The predicted octanol–water partition coefficient (Wildman–Crippen LogP) is 4.63. The summed E-state index contributed by atoms with van der Waals surface area (Å²) >= 11 is 0. The number of benzene rings is 3. The van der Waals surface area contributed by atoms with E-state index in [0.717, 1.165) is 11.1 Å². The maximum atomic E-state index is 12.1. The summed E-state index contributed by atoms with van der Waals surface area (Å²) in [6.07, 6.45) is 6.52. The smallest absolute Gasteiger partial charge is 0.248 e. The van der Waals surface area contributed by atoms with Crippen LogP contribution in [0.25, 0.3) is 18.2 Å². The molecule has 3 aromatic carbocycles. The molecule has 0 aliphatic rings. The molecular weight excluding hydrogens is 354 g/mol. The molecule has 0 heterocycles. The second-order valence-electron chi connectivity index (χ2n) is 6.13. The van der Waals surface area contributed by atoms with Crippen LogP contribution in [-0.2, 0) is 4.79 Å². The van der Waals surface area contributed by atoms with E-state index in [4.69, 9.17) is 0 Å². The zero-order chi connectivity index (χ0) is 19.9. The minimum atomic E-state index is -0.363. The molecule has 3 rings (SSSR count). The molecule has 0 aliphatic carbocycles. The maximum Gasteiger partial charge on any atom is 0.248 e. The van der Waals surface area contributed by atoms with Crippen LogP contribution in [0.3, 0.4) is 0 Å². The van der Waals surface area contributed by atoms with E-state index in [1.165, 1.54) is 30.3 Å². The highest BCUT2D eigenvalue weighted by Crippen LogP contribution is 2.26. The van der Waals surface area contributed by atoms with Gasteiger partial charge in [-0.3, -0.25) is 4.79 Å². The summed E-state index contributed by atoms with van der Waals surface area (Å²) in [6.45, 7) is 0. The van der Waals surface area contributed by atoms with Crippen molar-refractivity contribution in [2.24, 2.45) is 0 Å². The summed E-state index contributed by atoms with van der Waals surface area (Å²) in [5.74, 6) is -0.487. The third-order valence-corrected chi connectivity index (χ3v) is 3.90. The number of aromatic hydroxyl groups is 3. The number of hydrogen-bond acceptors (Lipinski definition) is 4. The standard InChI is InChI=1S/C23H19NO4/c25-19-12-18(13-20(26)15-19)7-6-17-8-10-22(27)21(14-17)24-23(28)11-9-16-4-2-1-3-5-16/h1-15,25-27H,(H,24,28)/b7-6+,11-9+. The highest BCUT2D eigenvalue weighted by atomic mass is 16.3. The van der Waals surface area contributed by atoms with Crippen LogP contribution in [0.2, 0.25) is 0 Å². The van der Waals surface area contributed by atoms with Crippen molar-refractivity contribution in [2.75, 3.05) is 5.32 Å². The number of amides is 1. The van der Waals surface area contributed by atoms with Gasteiger partial charge in [0.25, 0.3) is 0 Å². The Balaban J connectivity index is 1.73. The van der Waals surface area contributed by atoms with Crippen LogP contribution in [0.1, 0.15) is 16.7 Å². The summed E-state index contributed by atoms with van der Waals surface area (Å²) in [4.78, 5) is 12.1. The monoisotopic (exact) mass is 373 g/mol. The first kappa shape index (κ1) is 18.8. The Bertz CT molecular complexity index is 1020. The van der Waals surface area contributed by atoms with Gasteiger partial charge in [0, 0.05) is 12.1 Å². The molecular formula is C23H19NO4. The number of hydrogen-bond donors (Lipinski definition) is 4. The van der Waals surface area contributed by atoms with Crippen molar-refractivity contribution in [3.8, 4) is 17.2 Å². The van der Waals surface area contributed by atoms with Crippen LogP contribution in [0.4, 0.5) is 5.69 Å². The summed E-state index contributed by atoms with van der Waals surface area (Å²) in [5, 5.41) is 31.7. The van der Waals surface area contributed by atoms with Crippen molar-refractivity contribution in [1.29, 1.82) is 0 Å². The Morgan fingerprint density at radius 3 is 2.11 bits per heavy atom. The molecule has 0 saturated carbocycles. The third kappa shape index (κ3) is 5.25. The molecule has 0 unspecified atom stereocenters. The van der Waals surface area contributed by atoms with E-state index in [-0.39, 0.29) is 28.8 Å². The van der Waals surface area contributed by atoms with Crippen molar-refractivity contribution in [2.45, 2.75) is 0 Å². The molecule has 28 heavy (non-hydrogen) atoms. The van der Waals surface area contributed by atoms with E-state index in [0.29, 0.717) is 5.56 Å². The van der Waals surface area contributed by atoms with Crippen LogP contribution < -0.4 is 5.32 Å². The van der Waals surface area contributed by atoms with Crippen LogP contribution in [0.5, 0.6) is 17.2 Å². The van der Waals surface area contributed by atoms with Crippen LogP contribution in [0.15, 0.2) is 72.8 Å². The number of phenols is 3. The average Bonchev–Trinajstić information content (AvgIpc) is 2.67. The van der Waals surface area contributed by atoms with E-state index in [1.54, 1.807) is 30.4 Å². The average molecular weight is 373 g/mol. The zero-order valence-electron chi connectivity index (χ0n) is 14.9. The maximum absolute atomic E-state index is 12.1. The predicted molar refractivity (Wildman–Crippen MR) is 111 cm³/mol. The van der Waals surface area contributed by atoms with E-state index in [9.17, 15) is 20.1 Å². The first-order valence-corrected chi connectivity index (χ1v) is 8.58. The van der Waals surface area contributed by atoms with Gasteiger partial charge in [0.05, 0.1) is 5.69 Å². The van der Waals surface area contributed by atoms with Gasteiger partial charge in [-0.05, 0) is 47.0 Å². The topological polar surface area (TPSA) is 89.8 Å². The molecule has 5 nitrogen and oxygen atoms in total. The van der Waals surface area contributed by atoms with Crippen LogP contribution in [0, 0.1) is 0 Å². The zero-order valence-corrected chi connectivity index (χ0v) is 14.9. The second kappa shape index (κ2) is 8.60. The lowest BCUT2D eigenvalue weighted by Gasteiger charge is -2.06. The van der Waals surface area contributed by atoms with E-state index in [1.807, 2.05) is 30.3 Å². The quantitative estimate of drug-likeness (QED) is 0.298. The molecule has 0 atom stereocenters. The fraction of sp³-hybridized carbons (Fsp3) is 0. The Hall–Kier alpha value is -3.99. The number of nitrogens with one attached hydrogen (secondary N) is 1. The fourth-order valence-electron chi connectivity index (χ4n) is 2.57. The highest BCUT2D eigenvalue weighted by Gasteiger charge is 2.05. The number of carbonyl (C=O) groups is 1. The number of anilines is 1. The molecule has 3 aromatic rings. The van der Waals surface area contributed by atoms with E-state index in [2.05, 4.69) is 5.32 Å². The Kier molecular flexibility index (Phi) is 5.77. The lowest BCUT2D eigenvalue weighted by Crippen LogP contribution is -2.08. The van der Waals surface area contributed by atoms with Gasteiger partial charge in [-0.25, -0.2) is 0 Å². The Morgan fingerprint density at radius 2 is 1.39 bits per heavy atom. The van der Waals surface area contributed by atoms with Crippen molar-refractivity contribution < 1.29 is 20.1 Å². The molecule has 4 N–H and O–H groups in total. The SMILES string of the molecule is O=C(/C=C/c1ccccc1)Nc1cc(/C=C/c2cc(O)cc(O)c2)ccc1O. The van der Waals surface area contributed by atoms with Gasteiger partial charge < -0.3 is 20.6 Å². The van der Waals surface area contributed by atoms with E-state index < -0.39 is 0 Å². The Labute approximate surface area is 162 Å². The molecule has 0 saturated heterocycles.